The van der Waals surface area contributed by atoms with E-state index >= 15 is 0 Å². The molecule has 0 aliphatic heterocycles. The first-order chi connectivity index (χ1) is 22.1. The van der Waals surface area contributed by atoms with E-state index in [-0.39, 0.29) is 35.6 Å². The van der Waals surface area contributed by atoms with Crippen molar-refractivity contribution in [1.82, 2.24) is 10.3 Å². The number of amides is 1. The van der Waals surface area contributed by atoms with Crippen LogP contribution in [0.4, 0.5) is 14.5 Å². The van der Waals surface area contributed by atoms with E-state index in [1.807, 2.05) is 0 Å². The first kappa shape index (κ1) is 30.8. The number of nitrogens with one attached hydrogen (secondary N) is 1. The van der Waals surface area contributed by atoms with E-state index in [9.17, 15) is 22.0 Å². The summed E-state index contributed by atoms with van der Waals surface area (Å²) in [5.41, 5.74) is 3.83. The number of pyridine rings is 1. The van der Waals surface area contributed by atoms with Crippen LogP contribution < -0.4 is 14.4 Å². The van der Waals surface area contributed by atoms with Crippen LogP contribution in [0.3, 0.4) is 0 Å². The van der Waals surface area contributed by atoms with Crippen LogP contribution in [0.1, 0.15) is 16.8 Å². The predicted octanol–water partition coefficient (Wildman–Crippen LogP) is 7.21. The summed E-state index contributed by atoms with van der Waals surface area (Å²) >= 11 is 0. The molecule has 0 radical (unpaired) electrons. The molecule has 1 N–H and O–H groups in total. The maximum atomic E-state index is 13.8. The Labute approximate surface area is 263 Å². The minimum Gasteiger partial charge on any atom is -0.496 e. The van der Waals surface area contributed by atoms with E-state index in [0.29, 0.717) is 50.2 Å². The second-order valence-corrected chi connectivity index (χ2v) is 12.5. The van der Waals surface area contributed by atoms with Gasteiger partial charge in [-0.05, 0) is 66.6 Å². The van der Waals surface area contributed by atoms with Crippen molar-refractivity contribution in [2.75, 3.05) is 37.9 Å². The van der Waals surface area contributed by atoms with Gasteiger partial charge in [-0.2, -0.15) is 0 Å². The number of benzene rings is 3. The Kier molecular flexibility index (Phi) is 8.22. The van der Waals surface area contributed by atoms with Crippen LogP contribution in [0.5, 0.6) is 5.75 Å². The van der Waals surface area contributed by atoms with Crippen molar-refractivity contribution in [3.05, 3.63) is 90.4 Å². The molecule has 3 aromatic carbocycles. The van der Waals surface area contributed by atoms with Crippen LogP contribution in [0, 0.1) is 5.82 Å². The van der Waals surface area contributed by atoms with Crippen molar-refractivity contribution in [3.63, 3.8) is 0 Å². The SMILES string of the molecule is CNC(=O)c1c(-c2ccc(F)cc2)oc2cc(N(CCCF)S(C)(=O)=O)c(-c3ccc(OC)c(-c4cc5ncccc5o4)c3)cc12. The van der Waals surface area contributed by atoms with Crippen LogP contribution in [0.25, 0.3) is 55.8 Å². The number of carbonyl (C=O) groups excluding carboxylic acids is 1. The average Bonchev–Trinajstić information content (AvgIpc) is 3.65. The fraction of sp³-hybridized carbons (Fsp3) is 0.176. The normalized spacial score (nSPS) is 11.7. The van der Waals surface area contributed by atoms with Gasteiger partial charge in [0, 0.05) is 48.4 Å². The molecule has 1 amide bonds. The van der Waals surface area contributed by atoms with Gasteiger partial charge in [0.05, 0.1) is 36.9 Å². The summed E-state index contributed by atoms with van der Waals surface area (Å²) < 4.78 is 72.5. The van der Waals surface area contributed by atoms with Crippen LogP contribution in [0.15, 0.2) is 87.8 Å². The average molecular weight is 646 g/mol. The van der Waals surface area contributed by atoms with Gasteiger partial charge in [0.25, 0.3) is 5.91 Å². The number of methoxy groups -OCH3 is 1. The van der Waals surface area contributed by atoms with Gasteiger partial charge in [-0.25, -0.2) is 12.8 Å². The number of hydrogen-bond acceptors (Lipinski definition) is 7. The number of furan rings is 2. The zero-order chi connectivity index (χ0) is 32.6. The van der Waals surface area contributed by atoms with Crippen molar-refractivity contribution in [2.45, 2.75) is 6.42 Å². The number of hydrogen-bond donors (Lipinski definition) is 1. The van der Waals surface area contributed by atoms with Crippen LogP contribution >= 0.6 is 0 Å². The van der Waals surface area contributed by atoms with E-state index < -0.39 is 28.4 Å². The Morgan fingerprint density at radius 3 is 2.41 bits per heavy atom. The summed E-state index contributed by atoms with van der Waals surface area (Å²) in [7, 11) is -0.908. The monoisotopic (exact) mass is 645 g/mol. The number of fused-ring (bicyclic) bond motifs is 2. The standard InChI is InChI=1S/C34H29F2N3O6S/c1-37-34(40)32-25-17-23(21-9-12-28(43-2)24(16-21)30-18-26-29(44-30)6-4-14-38-26)27(39(15-5-13-35)46(3,41)42)19-31(25)45-33(32)20-7-10-22(36)11-8-20/h4,6-12,14,16-19H,5,13,15H2,1-3H3,(H,37,40). The Bertz CT molecular complexity index is 2160. The van der Waals surface area contributed by atoms with Gasteiger partial charge in [-0.3, -0.25) is 18.5 Å². The Hall–Kier alpha value is -5.23. The van der Waals surface area contributed by atoms with Gasteiger partial charge in [0.1, 0.15) is 34.2 Å². The lowest BCUT2D eigenvalue weighted by Crippen LogP contribution is -2.31. The number of halogens is 2. The summed E-state index contributed by atoms with van der Waals surface area (Å²) in [5, 5.41) is 3.02. The molecule has 0 aliphatic rings. The largest absolute Gasteiger partial charge is 0.496 e. The predicted molar refractivity (Wildman–Crippen MR) is 173 cm³/mol. The maximum absolute atomic E-state index is 13.8. The number of alkyl halides is 1. The van der Waals surface area contributed by atoms with Gasteiger partial charge in [0.2, 0.25) is 10.0 Å². The topological polar surface area (TPSA) is 115 Å². The highest BCUT2D eigenvalue weighted by molar-refractivity contribution is 7.92. The number of sulfonamides is 1. The second-order valence-electron chi connectivity index (χ2n) is 10.5. The van der Waals surface area contributed by atoms with Crippen molar-refractivity contribution >= 4 is 43.7 Å². The Morgan fingerprint density at radius 1 is 0.978 bits per heavy atom. The zero-order valence-electron chi connectivity index (χ0n) is 25.1. The minimum atomic E-state index is -3.91. The molecule has 6 rings (SSSR count). The van der Waals surface area contributed by atoms with Gasteiger partial charge in [-0.1, -0.05) is 6.07 Å². The molecule has 236 valence electrons. The highest BCUT2D eigenvalue weighted by Crippen LogP contribution is 2.44. The fourth-order valence-electron chi connectivity index (χ4n) is 5.46. The van der Waals surface area contributed by atoms with E-state index in [0.717, 1.165) is 10.6 Å². The Morgan fingerprint density at radius 2 is 1.74 bits per heavy atom. The number of carbonyl (C=O) groups is 1. The number of aromatic nitrogens is 1. The maximum Gasteiger partial charge on any atom is 0.255 e. The molecular weight excluding hydrogens is 616 g/mol. The molecule has 46 heavy (non-hydrogen) atoms. The van der Waals surface area contributed by atoms with Crippen LogP contribution in [-0.2, 0) is 10.0 Å². The molecule has 12 heteroatoms. The van der Waals surface area contributed by atoms with Gasteiger partial charge >= 0.3 is 0 Å². The third-order valence-electron chi connectivity index (χ3n) is 7.59. The van der Waals surface area contributed by atoms with Crippen LogP contribution in [0.2, 0.25) is 0 Å². The number of ether oxygens (including phenoxy) is 1. The molecule has 0 fully saturated rings. The molecule has 3 aromatic heterocycles. The molecule has 0 spiro atoms. The lowest BCUT2D eigenvalue weighted by molar-refractivity contribution is 0.0964. The molecule has 0 atom stereocenters. The molecule has 6 aromatic rings. The Balaban J connectivity index is 1.65. The fourth-order valence-corrected chi connectivity index (χ4v) is 6.43. The first-order valence-corrected chi connectivity index (χ1v) is 16.1. The highest BCUT2D eigenvalue weighted by Gasteiger charge is 2.28. The van der Waals surface area contributed by atoms with E-state index in [4.69, 9.17) is 13.6 Å². The third kappa shape index (κ3) is 5.67. The van der Waals surface area contributed by atoms with Crippen molar-refractivity contribution in [3.8, 4) is 39.5 Å². The van der Waals surface area contributed by atoms with Crippen molar-refractivity contribution in [1.29, 1.82) is 0 Å². The molecule has 9 nitrogen and oxygen atoms in total. The van der Waals surface area contributed by atoms with E-state index in [2.05, 4.69) is 10.3 Å². The second kappa shape index (κ2) is 12.3. The van der Waals surface area contributed by atoms with Crippen molar-refractivity contribution in [2.24, 2.45) is 0 Å². The summed E-state index contributed by atoms with van der Waals surface area (Å²) in [6.07, 6.45) is 2.65. The molecule has 3 heterocycles. The lowest BCUT2D eigenvalue weighted by atomic mass is 9.96. The molecule has 0 aliphatic carbocycles. The summed E-state index contributed by atoms with van der Waals surface area (Å²) in [6, 6.07) is 19.3. The van der Waals surface area contributed by atoms with Gasteiger partial charge in [-0.15, -0.1) is 0 Å². The number of nitrogens with zero attached hydrogens (tertiary/aromatic N) is 2. The first-order valence-electron chi connectivity index (χ1n) is 14.3. The van der Waals surface area contributed by atoms with Crippen molar-refractivity contribution < 1.29 is 35.6 Å². The smallest absolute Gasteiger partial charge is 0.255 e. The summed E-state index contributed by atoms with van der Waals surface area (Å²) in [6.45, 7) is -0.868. The third-order valence-corrected chi connectivity index (χ3v) is 8.77. The molecule has 0 saturated heterocycles. The van der Waals surface area contributed by atoms with E-state index in [1.165, 1.54) is 44.5 Å². The molecular formula is C34H29F2N3O6S. The lowest BCUT2D eigenvalue weighted by Gasteiger charge is -2.25. The van der Waals surface area contributed by atoms with Gasteiger partial charge in [0.15, 0.2) is 5.58 Å². The van der Waals surface area contributed by atoms with E-state index in [1.54, 1.807) is 48.7 Å². The summed E-state index contributed by atoms with van der Waals surface area (Å²) in [5.74, 6) is 0.228. The quantitative estimate of drug-likeness (QED) is 0.167. The summed E-state index contributed by atoms with van der Waals surface area (Å²) in [4.78, 5) is 17.6. The van der Waals surface area contributed by atoms with Gasteiger partial charge < -0.3 is 18.9 Å². The highest BCUT2D eigenvalue weighted by atomic mass is 32.2. The minimum absolute atomic E-state index is 0.0487. The number of rotatable bonds is 10. The van der Waals surface area contributed by atoms with Crippen LogP contribution in [-0.4, -0.2) is 52.9 Å². The number of anilines is 1. The zero-order valence-corrected chi connectivity index (χ0v) is 26.0. The molecule has 0 bridgehead atoms. The molecule has 0 saturated carbocycles. The molecule has 0 unspecified atom stereocenters.